The van der Waals surface area contributed by atoms with Crippen molar-refractivity contribution in [1.29, 1.82) is 0 Å². The Kier molecular flexibility index (Phi) is 1.77. The fraction of sp³-hybridized carbons (Fsp3) is 0.222. The van der Waals surface area contributed by atoms with Crippen molar-refractivity contribution in [1.82, 2.24) is 9.55 Å². The van der Waals surface area contributed by atoms with Gasteiger partial charge in [-0.3, -0.25) is 0 Å². The molecule has 0 aliphatic carbocycles. The number of halogens is 1. The van der Waals surface area contributed by atoms with Gasteiger partial charge in [0.05, 0.1) is 11.0 Å². The Morgan fingerprint density at radius 2 is 2.31 bits per heavy atom. The first kappa shape index (κ1) is 8.19. The van der Waals surface area contributed by atoms with E-state index in [1.54, 1.807) is 17.6 Å². The second-order valence-electron chi connectivity index (χ2n) is 2.86. The second kappa shape index (κ2) is 2.81. The SMILES string of the molecule is Cc1nc2ccc(F)cc2n1CO. The molecule has 4 heteroatoms. The van der Waals surface area contributed by atoms with E-state index >= 15 is 0 Å². The van der Waals surface area contributed by atoms with Crippen LogP contribution in [0, 0.1) is 12.7 Å². The van der Waals surface area contributed by atoms with Gasteiger partial charge in [-0.1, -0.05) is 0 Å². The van der Waals surface area contributed by atoms with Crippen molar-refractivity contribution in [2.45, 2.75) is 13.7 Å². The van der Waals surface area contributed by atoms with Crippen molar-refractivity contribution in [3.8, 4) is 0 Å². The summed E-state index contributed by atoms with van der Waals surface area (Å²) in [5.74, 6) is 0.366. The average molecular weight is 180 g/mol. The number of hydrogen-bond acceptors (Lipinski definition) is 2. The zero-order chi connectivity index (χ0) is 9.42. The molecule has 1 aromatic heterocycles. The monoisotopic (exact) mass is 180 g/mol. The van der Waals surface area contributed by atoms with Crippen LogP contribution in [0.4, 0.5) is 4.39 Å². The Labute approximate surface area is 74.4 Å². The molecular formula is C9H9FN2O. The summed E-state index contributed by atoms with van der Waals surface area (Å²) in [6, 6.07) is 4.33. The summed E-state index contributed by atoms with van der Waals surface area (Å²) < 4.78 is 14.4. The van der Waals surface area contributed by atoms with Crippen molar-refractivity contribution in [2.24, 2.45) is 0 Å². The molecule has 0 fully saturated rings. The van der Waals surface area contributed by atoms with Gasteiger partial charge in [0, 0.05) is 0 Å². The van der Waals surface area contributed by atoms with E-state index in [-0.39, 0.29) is 12.5 Å². The third kappa shape index (κ3) is 1.19. The number of aromatic nitrogens is 2. The maximum absolute atomic E-state index is 12.8. The van der Waals surface area contributed by atoms with Gasteiger partial charge in [-0.15, -0.1) is 0 Å². The summed E-state index contributed by atoms with van der Waals surface area (Å²) in [5, 5.41) is 9.00. The minimum Gasteiger partial charge on any atom is -0.376 e. The Hall–Kier alpha value is -1.42. The molecule has 1 N–H and O–H groups in total. The van der Waals surface area contributed by atoms with E-state index < -0.39 is 0 Å². The van der Waals surface area contributed by atoms with Gasteiger partial charge in [0.15, 0.2) is 0 Å². The average Bonchev–Trinajstić information content (AvgIpc) is 2.40. The van der Waals surface area contributed by atoms with E-state index in [0.29, 0.717) is 16.9 Å². The predicted molar refractivity (Wildman–Crippen MR) is 46.6 cm³/mol. The zero-order valence-corrected chi connectivity index (χ0v) is 7.16. The number of benzene rings is 1. The molecule has 0 radical (unpaired) electrons. The van der Waals surface area contributed by atoms with E-state index in [4.69, 9.17) is 5.11 Å². The van der Waals surface area contributed by atoms with E-state index in [0.717, 1.165) is 0 Å². The number of fused-ring (bicyclic) bond motifs is 1. The first-order valence-corrected chi connectivity index (χ1v) is 3.95. The number of aliphatic hydroxyl groups is 1. The normalized spacial score (nSPS) is 11.0. The van der Waals surface area contributed by atoms with Crippen LogP contribution in [0.5, 0.6) is 0 Å². The fourth-order valence-electron chi connectivity index (χ4n) is 1.39. The number of rotatable bonds is 1. The van der Waals surface area contributed by atoms with Crippen molar-refractivity contribution in [2.75, 3.05) is 0 Å². The molecule has 0 atom stereocenters. The molecule has 0 bridgehead atoms. The Morgan fingerprint density at radius 3 is 3.00 bits per heavy atom. The van der Waals surface area contributed by atoms with Gasteiger partial charge in [-0.2, -0.15) is 0 Å². The number of hydrogen-bond donors (Lipinski definition) is 1. The van der Waals surface area contributed by atoms with Gasteiger partial charge in [0.25, 0.3) is 0 Å². The molecule has 2 rings (SSSR count). The van der Waals surface area contributed by atoms with Gasteiger partial charge in [0.1, 0.15) is 18.4 Å². The lowest BCUT2D eigenvalue weighted by molar-refractivity contribution is 0.212. The zero-order valence-electron chi connectivity index (χ0n) is 7.16. The van der Waals surface area contributed by atoms with Crippen LogP contribution in [-0.4, -0.2) is 14.7 Å². The Balaban J connectivity index is 2.80. The first-order valence-electron chi connectivity index (χ1n) is 3.95. The van der Waals surface area contributed by atoms with E-state index in [1.165, 1.54) is 12.1 Å². The summed E-state index contributed by atoms with van der Waals surface area (Å²) in [6.45, 7) is 1.60. The van der Waals surface area contributed by atoms with E-state index in [1.807, 2.05) is 0 Å². The predicted octanol–water partition coefficient (Wildman–Crippen LogP) is 1.43. The smallest absolute Gasteiger partial charge is 0.125 e. The Bertz CT molecular complexity index is 450. The molecule has 0 saturated carbocycles. The van der Waals surface area contributed by atoms with Gasteiger partial charge < -0.3 is 9.67 Å². The van der Waals surface area contributed by atoms with Crippen LogP contribution in [0.2, 0.25) is 0 Å². The van der Waals surface area contributed by atoms with Crippen LogP contribution in [0.1, 0.15) is 5.82 Å². The van der Waals surface area contributed by atoms with Gasteiger partial charge in [0.2, 0.25) is 0 Å². The third-order valence-electron chi connectivity index (χ3n) is 2.04. The topological polar surface area (TPSA) is 38.0 Å². The molecular weight excluding hydrogens is 171 g/mol. The maximum Gasteiger partial charge on any atom is 0.125 e. The summed E-state index contributed by atoms with van der Waals surface area (Å²) in [6.07, 6.45) is 0. The molecule has 0 aliphatic heterocycles. The molecule has 0 amide bonds. The van der Waals surface area contributed by atoms with Gasteiger partial charge in [-0.05, 0) is 25.1 Å². The molecule has 1 heterocycles. The summed E-state index contributed by atoms with van der Waals surface area (Å²) in [5.41, 5.74) is 1.33. The van der Waals surface area contributed by atoms with Crippen molar-refractivity contribution in [3.63, 3.8) is 0 Å². The molecule has 0 unspecified atom stereocenters. The maximum atomic E-state index is 12.8. The van der Waals surface area contributed by atoms with Crippen LogP contribution in [0.15, 0.2) is 18.2 Å². The van der Waals surface area contributed by atoms with Crippen LogP contribution < -0.4 is 0 Å². The standard InChI is InChI=1S/C9H9FN2O/c1-6-11-8-3-2-7(10)4-9(8)12(6)5-13/h2-4,13H,5H2,1H3. The summed E-state index contributed by atoms with van der Waals surface area (Å²) >= 11 is 0. The minimum atomic E-state index is -0.317. The van der Waals surface area contributed by atoms with Gasteiger partial charge in [-0.25, -0.2) is 9.37 Å². The summed E-state index contributed by atoms with van der Waals surface area (Å²) in [7, 11) is 0. The number of imidazole rings is 1. The molecule has 0 aliphatic rings. The lowest BCUT2D eigenvalue weighted by Gasteiger charge is -1.99. The van der Waals surface area contributed by atoms with E-state index in [2.05, 4.69) is 4.98 Å². The second-order valence-corrected chi connectivity index (χ2v) is 2.86. The molecule has 0 spiro atoms. The quantitative estimate of drug-likeness (QED) is 0.721. The highest BCUT2D eigenvalue weighted by atomic mass is 19.1. The molecule has 3 nitrogen and oxygen atoms in total. The van der Waals surface area contributed by atoms with Crippen molar-refractivity contribution < 1.29 is 9.50 Å². The highest BCUT2D eigenvalue weighted by molar-refractivity contribution is 5.75. The number of aliphatic hydroxyl groups excluding tert-OH is 1. The summed E-state index contributed by atoms with van der Waals surface area (Å²) in [4.78, 5) is 4.16. The Morgan fingerprint density at radius 1 is 1.54 bits per heavy atom. The number of nitrogens with zero attached hydrogens (tertiary/aromatic N) is 2. The third-order valence-corrected chi connectivity index (χ3v) is 2.04. The van der Waals surface area contributed by atoms with Crippen molar-refractivity contribution >= 4 is 11.0 Å². The lowest BCUT2D eigenvalue weighted by atomic mass is 10.3. The van der Waals surface area contributed by atoms with Crippen molar-refractivity contribution in [3.05, 3.63) is 29.8 Å². The molecule has 0 saturated heterocycles. The highest BCUT2D eigenvalue weighted by Crippen LogP contribution is 2.16. The van der Waals surface area contributed by atoms with Crippen LogP contribution in [0.3, 0.4) is 0 Å². The molecule has 1 aromatic carbocycles. The molecule has 13 heavy (non-hydrogen) atoms. The molecule has 2 aromatic rings. The highest BCUT2D eigenvalue weighted by Gasteiger charge is 2.06. The largest absolute Gasteiger partial charge is 0.376 e. The fourth-order valence-corrected chi connectivity index (χ4v) is 1.39. The first-order chi connectivity index (χ1) is 6.22. The van der Waals surface area contributed by atoms with Gasteiger partial charge >= 0.3 is 0 Å². The van der Waals surface area contributed by atoms with E-state index in [9.17, 15) is 4.39 Å². The van der Waals surface area contributed by atoms with Crippen LogP contribution in [0.25, 0.3) is 11.0 Å². The van der Waals surface area contributed by atoms with Crippen LogP contribution >= 0.6 is 0 Å². The lowest BCUT2D eigenvalue weighted by Crippen LogP contribution is -1.98. The molecule has 68 valence electrons. The number of aryl methyl sites for hydroxylation is 1. The van der Waals surface area contributed by atoms with Crippen LogP contribution in [-0.2, 0) is 6.73 Å². The minimum absolute atomic E-state index is 0.175.